The summed E-state index contributed by atoms with van der Waals surface area (Å²) < 4.78 is 41.0. The van der Waals surface area contributed by atoms with E-state index in [-0.39, 0.29) is 0 Å². The molecule has 0 radical (unpaired) electrons. The predicted molar refractivity (Wildman–Crippen MR) is 90.1 cm³/mol. The van der Waals surface area contributed by atoms with Crippen LogP contribution >= 0.6 is 0 Å². The molecule has 150 valence electrons. The first kappa shape index (κ1) is 19.7. The van der Waals surface area contributed by atoms with Crippen LogP contribution in [0.5, 0.6) is 0 Å². The second kappa shape index (κ2) is 8.30. The SMILES string of the molecule is O=C(O)C(F)(F)F.c1cnn(Cc2cn3c(n2)CN(Cc2ccoc2)CC3)c1. The van der Waals surface area contributed by atoms with Crippen molar-refractivity contribution in [2.75, 3.05) is 6.54 Å². The Balaban J connectivity index is 0.000000279. The van der Waals surface area contributed by atoms with Gasteiger partial charge in [0, 0.05) is 43.8 Å². The number of fused-ring (bicyclic) bond motifs is 1. The van der Waals surface area contributed by atoms with Crippen molar-refractivity contribution in [1.82, 2.24) is 24.2 Å². The van der Waals surface area contributed by atoms with E-state index in [1.807, 2.05) is 29.3 Å². The molecular weight excluding hydrogens is 379 g/mol. The molecule has 1 N–H and O–H groups in total. The summed E-state index contributed by atoms with van der Waals surface area (Å²) in [5.74, 6) is -1.63. The zero-order valence-corrected chi connectivity index (χ0v) is 14.7. The summed E-state index contributed by atoms with van der Waals surface area (Å²) in [7, 11) is 0. The van der Waals surface area contributed by atoms with Gasteiger partial charge in [-0.2, -0.15) is 18.3 Å². The van der Waals surface area contributed by atoms with Gasteiger partial charge in [0.1, 0.15) is 5.82 Å². The minimum atomic E-state index is -5.08. The Morgan fingerprint density at radius 3 is 2.68 bits per heavy atom. The van der Waals surface area contributed by atoms with Gasteiger partial charge in [0.15, 0.2) is 0 Å². The molecule has 4 heterocycles. The first-order valence-electron chi connectivity index (χ1n) is 8.37. The quantitative estimate of drug-likeness (QED) is 0.727. The number of carboxylic acid groups (broad SMARTS) is 1. The van der Waals surface area contributed by atoms with Gasteiger partial charge in [-0.25, -0.2) is 9.78 Å². The molecule has 0 aliphatic carbocycles. The van der Waals surface area contributed by atoms with Crippen LogP contribution in [0.4, 0.5) is 13.2 Å². The lowest BCUT2D eigenvalue weighted by Crippen LogP contribution is -2.33. The molecule has 28 heavy (non-hydrogen) atoms. The Bertz CT molecular complexity index is 888. The van der Waals surface area contributed by atoms with Gasteiger partial charge < -0.3 is 14.1 Å². The number of nitrogens with zero attached hydrogens (tertiary/aromatic N) is 5. The van der Waals surface area contributed by atoms with Gasteiger partial charge in [0.25, 0.3) is 0 Å². The van der Waals surface area contributed by atoms with Crippen molar-refractivity contribution in [3.8, 4) is 0 Å². The van der Waals surface area contributed by atoms with E-state index < -0.39 is 12.1 Å². The lowest BCUT2D eigenvalue weighted by molar-refractivity contribution is -0.192. The zero-order chi connectivity index (χ0) is 20.1. The molecule has 0 saturated carbocycles. The minimum Gasteiger partial charge on any atom is -0.475 e. The van der Waals surface area contributed by atoms with Gasteiger partial charge in [0.05, 0.1) is 31.3 Å². The first-order chi connectivity index (χ1) is 13.3. The lowest BCUT2D eigenvalue weighted by atomic mass is 10.3. The number of carbonyl (C=O) groups is 1. The van der Waals surface area contributed by atoms with Crippen LogP contribution in [0.25, 0.3) is 0 Å². The topological polar surface area (TPSA) is 89.3 Å². The van der Waals surface area contributed by atoms with Crippen LogP contribution in [0, 0.1) is 0 Å². The number of hydrogen-bond donors (Lipinski definition) is 1. The molecule has 0 spiro atoms. The van der Waals surface area contributed by atoms with Crippen LogP contribution in [0.3, 0.4) is 0 Å². The van der Waals surface area contributed by atoms with E-state index in [9.17, 15) is 13.2 Å². The maximum absolute atomic E-state index is 10.6. The highest BCUT2D eigenvalue weighted by Gasteiger charge is 2.38. The van der Waals surface area contributed by atoms with Gasteiger partial charge in [-0.3, -0.25) is 9.58 Å². The Labute approximate surface area is 157 Å². The average molecular weight is 397 g/mol. The molecule has 1 aliphatic rings. The Morgan fingerprint density at radius 2 is 2.07 bits per heavy atom. The van der Waals surface area contributed by atoms with E-state index in [2.05, 4.69) is 20.8 Å². The maximum atomic E-state index is 10.6. The molecule has 3 aromatic heterocycles. The van der Waals surface area contributed by atoms with Gasteiger partial charge in [-0.15, -0.1) is 0 Å². The van der Waals surface area contributed by atoms with Crippen molar-refractivity contribution < 1.29 is 27.5 Å². The third-order valence-electron chi connectivity index (χ3n) is 4.04. The summed E-state index contributed by atoms with van der Waals surface area (Å²) in [4.78, 5) is 16.0. The Morgan fingerprint density at radius 1 is 1.29 bits per heavy atom. The third-order valence-corrected chi connectivity index (χ3v) is 4.04. The van der Waals surface area contributed by atoms with Crippen LogP contribution < -0.4 is 0 Å². The van der Waals surface area contributed by atoms with Gasteiger partial charge in [-0.1, -0.05) is 0 Å². The minimum absolute atomic E-state index is 0.731. The van der Waals surface area contributed by atoms with Crippen molar-refractivity contribution in [2.45, 2.75) is 32.4 Å². The summed E-state index contributed by atoms with van der Waals surface area (Å²) in [6.07, 6.45) is 4.35. The predicted octanol–water partition coefficient (Wildman–Crippen LogP) is 2.37. The third kappa shape index (κ3) is 5.22. The van der Waals surface area contributed by atoms with E-state index in [1.165, 1.54) is 5.56 Å². The Hall–Kier alpha value is -3.08. The molecule has 0 saturated heterocycles. The fourth-order valence-electron chi connectivity index (χ4n) is 2.77. The van der Waals surface area contributed by atoms with Crippen molar-refractivity contribution in [1.29, 1.82) is 0 Å². The van der Waals surface area contributed by atoms with E-state index >= 15 is 0 Å². The fourth-order valence-corrected chi connectivity index (χ4v) is 2.77. The summed E-state index contributed by atoms with van der Waals surface area (Å²) >= 11 is 0. The number of furan rings is 1. The molecule has 0 aromatic carbocycles. The van der Waals surface area contributed by atoms with E-state index in [0.717, 1.165) is 44.2 Å². The molecule has 0 atom stereocenters. The number of hydrogen-bond acceptors (Lipinski definition) is 5. The number of rotatable bonds is 4. The van der Waals surface area contributed by atoms with Crippen LogP contribution in [0.2, 0.25) is 0 Å². The summed E-state index contributed by atoms with van der Waals surface area (Å²) in [6.45, 7) is 4.55. The number of halogens is 3. The largest absolute Gasteiger partial charge is 0.490 e. The normalized spacial score (nSPS) is 14.2. The van der Waals surface area contributed by atoms with Crippen LogP contribution in [0.1, 0.15) is 17.1 Å². The second-order valence-corrected chi connectivity index (χ2v) is 6.19. The standard InChI is InChI=1S/C15H17N5O.C2HF3O2/c1-3-16-20(4-1)10-14-9-19-6-5-18(11-15(19)17-14)8-13-2-7-21-12-13;3-2(4,5)1(6)7/h1-4,7,9,12H,5-6,8,10-11H2;(H,6,7). The number of aromatic nitrogens is 4. The van der Waals surface area contributed by atoms with Crippen molar-refractivity contribution in [3.05, 3.63) is 60.3 Å². The van der Waals surface area contributed by atoms with Gasteiger partial charge in [0.2, 0.25) is 0 Å². The first-order valence-corrected chi connectivity index (χ1v) is 8.37. The molecule has 4 rings (SSSR count). The maximum Gasteiger partial charge on any atom is 0.490 e. The highest BCUT2D eigenvalue weighted by molar-refractivity contribution is 5.73. The number of alkyl halides is 3. The van der Waals surface area contributed by atoms with Gasteiger partial charge >= 0.3 is 12.1 Å². The molecule has 11 heteroatoms. The molecule has 0 fully saturated rings. The summed E-state index contributed by atoms with van der Waals surface area (Å²) in [5, 5.41) is 11.4. The second-order valence-electron chi connectivity index (χ2n) is 6.19. The molecular formula is C17H18F3N5O3. The van der Waals surface area contributed by atoms with E-state index in [0.29, 0.717) is 0 Å². The molecule has 0 bridgehead atoms. The fraction of sp³-hybridized carbons (Fsp3) is 0.353. The number of carboxylic acids is 1. The highest BCUT2D eigenvalue weighted by Crippen LogP contribution is 2.16. The summed E-state index contributed by atoms with van der Waals surface area (Å²) in [6, 6.07) is 3.95. The zero-order valence-electron chi connectivity index (χ0n) is 14.7. The molecule has 1 aliphatic heterocycles. The summed E-state index contributed by atoms with van der Waals surface area (Å²) in [5.41, 5.74) is 2.28. The Kier molecular flexibility index (Phi) is 5.83. The highest BCUT2D eigenvalue weighted by atomic mass is 19.4. The molecule has 3 aromatic rings. The lowest BCUT2D eigenvalue weighted by Gasteiger charge is -2.26. The van der Waals surface area contributed by atoms with E-state index in [1.54, 1.807) is 12.5 Å². The smallest absolute Gasteiger partial charge is 0.475 e. The average Bonchev–Trinajstić information content (AvgIpc) is 3.36. The van der Waals surface area contributed by atoms with Crippen molar-refractivity contribution >= 4 is 5.97 Å². The van der Waals surface area contributed by atoms with Gasteiger partial charge in [-0.05, 0) is 12.1 Å². The van der Waals surface area contributed by atoms with Crippen LogP contribution in [-0.2, 0) is 31.0 Å². The van der Waals surface area contributed by atoms with Crippen molar-refractivity contribution in [3.63, 3.8) is 0 Å². The number of aliphatic carboxylic acids is 1. The van der Waals surface area contributed by atoms with Crippen molar-refractivity contribution in [2.24, 2.45) is 0 Å². The molecule has 8 nitrogen and oxygen atoms in total. The van der Waals surface area contributed by atoms with Crippen LogP contribution in [-0.4, -0.2) is 48.0 Å². The van der Waals surface area contributed by atoms with Crippen LogP contribution in [0.15, 0.2) is 47.7 Å². The molecule has 0 amide bonds. The van der Waals surface area contributed by atoms with E-state index in [4.69, 9.17) is 19.3 Å². The monoisotopic (exact) mass is 397 g/mol. The molecule has 0 unspecified atom stereocenters. The number of imidazole rings is 1.